The fraction of sp³-hybridized carbons (Fsp3) is 1.00. The molecule has 0 aromatic rings. The standard InChI is InChI=1S/C9H15F3S/c1-13-7-3-2-4-8(5-6-8)9(10,11)12/h2-7H2,1H3. The first-order valence-electron chi connectivity index (χ1n) is 4.57. The highest BCUT2D eigenvalue weighted by Crippen LogP contribution is 2.60. The van der Waals surface area contributed by atoms with Crippen LogP contribution in [0.2, 0.25) is 0 Å². The molecule has 0 unspecified atom stereocenters. The van der Waals surface area contributed by atoms with Gasteiger partial charge in [0.25, 0.3) is 0 Å². The zero-order valence-corrected chi connectivity index (χ0v) is 8.60. The van der Waals surface area contributed by atoms with Crippen molar-refractivity contribution in [2.24, 2.45) is 5.41 Å². The van der Waals surface area contributed by atoms with Crippen LogP contribution in [0.15, 0.2) is 0 Å². The minimum absolute atomic E-state index is 0.344. The van der Waals surface area contributed by atoms with Crippen LogP contribution in [0.5, 0.6) is 0 Å². The van der Waals surface area contributed by atoms with Crippen molar-refractivity contribution in [1.82, 2.24) is 0 Å². The summed E-state index contributed by atoms with van der Waals surface area (Å²) in [6.07, 6.45) is 0.727. The Bertz CT molecular complexity index is 161. The van der Waals surface area contributed by atoms with Crippen LogP contribution in [0.3, 0.4) is 0 Å². The first-order chi connectivity index (χ1) is 6.02. The third-order valence-corrected chi connectivity index (χ3v) is 3.41. The molecule has 0 bridgehead atoms. The van der Waals surface area contributed by atoms with Crippen LogP contribution < -0.4 is 0 Å². The molecule has 0 atom stereocenters. The summed E-state index contributed by atoms with van der Waals surface area (Å²) in [5.41, 5.74) is -1.27. The van der Waals surface area contributed by atoms with E-state index in [1.165, 1.54) is 0 Å². The highest BCUT2D eigenvalue weighted by atomic mass is 32.2. The minimum Gasteiger partial charge on any atom is -0.171 e. The lowest BCUT2D eigenvalue weighted by Gasteiger charge is -2.18. The number of unbranched alkanes of at least 4 members (excludes halogenated alkanes) is 1. The maximum absolute atomic E-state index is 12.4. The van der Waals surface area contributed by atoms with Gasteiger partial charge in [-0.2, -0.15) is 24.9 Å². The molecular formula is C9H15F3S. The van der Waals surface area contributed by atoms with Gasteiger partial charge in [0, 0.05) is 0 Å². The van der Waals surface area contributed by atoms with Gasteiger partial charge in [-0.3, -0.25) is 0 Å². The average molecular weight is 212 g/mol. The quantitative estimate of drug-likeness (QED) is 0.623. The first-order valence-corrected chi connectivity index (χ1v) is 5.97. The summed E-state index contributed by atoms with van der Waals surface area (Å²) >= 11 is 1.70. The number of rotatable bonds is 5. The highest BCUT2D eigenvalue weighted by molar-refractivity contribution is 7.98. The third-order valence-electron chi connectivity index (χ3n) is 2.71. The maximum atomic E-state index is 12.4. The van der Waals surface area contributed by atoms with E-state index < -0.39 is 11.6 Å². The molecule has 0 heterocycles. The van der Waals surface area contributed by atoms with E-state index in [1.807, 2.05) is 6.26 Å². The molecule has 1 aliphatic carbocycles. The van der Waals surface area contributed by atoms with E-state index in [4.69, 9.17) is 0 Å². The number of halogens is 3. The van der Waals surface area contributed by atoms with Crippen molar-refractivity contribution in [2.45, 2.75) is 38.3 Å². The third kappa shape index (κ3) is 2.79. The monoisotopic (exact) mass is 212 g/mol. The van der Waals surface area contributed by atoms with Crippen LogP contribution >= 0.6 is 11.8 Å². The smallest absolute Gasteiger partial charge is 0.171 e. The SMILES string of the molecule is CSCCCCC1(C(F)(F)F)CC1. The maximum Gasteiger partial charge on any atom is 0.394 e. The number of hydrogen-bond acceptors (Lipinski definition) is 1. The predicted octanol–water partition coefficient (Wildman–Crippen LogP) is 3.86. The van der Waals surface area contributed by atoms with Crippen LogP contribution in [-0.2, 0) is 0 Å². The molecule has 1 aliphatic rings. The van der Waals surface area contributed by atoms with Gasteiger partial charge >= 0.3 is 6.18 Å². The first kappa shape index (κ1) is 11.2. The van der Waals surface area contributed by atoms with Gasteiger partial charge in [0.15, 0.2) is 0 Å². The fourth-order valence-corrected chi connectivity index (χ4v) is 2.03. The summed E-state index contributed by atoms with van der Waals surface area (Å²) in [5.74, 6) is 0.980. The molecule has 0 nitrogen and oxygen atoms in total. The molecule has 1 rings (SSSR count). The highest BCUT2D eigenvalue weighted by Gasteiger charge is 2.62. The molecule has 0 spiro atoms. The van der Waals surface area contributed by atoms with Gasteiger partial charge in [-0.25, -0.2) is 0 Å². The van der Waals surface area contributed by atoms with Crippen molar-refractivity contribution >= 4 is 11.8 Å². The van der Waals surface area contributed by atoms with Gasteiger partial charge in [-0.05, 0) is 37.7 Å². The van der Waals surface area contributed by atoms with Crippen LogP contribution in [0.25, 0.3) is 0 Å². The van der Waals surface area contributed by atoms with Crippen LogP contribution in [0, 0.1) is 5.41 Å². The Balaban J connectivity index is 2.21. The zero-order valence-electron chi connectivity index (χ0n) is 7.78. The molecule has 1 fully saturated rings. The lowest BCUT2D eigenvalue weighted by Crippen LogP contribution is -2.24. The summed E-state index contributed by atoms with van der Waals surface area (Å²) in [5, 5.41) is 0. The van der Waals surface area contributed by atoms with Crippen LogP contribution in [0.4, 0.5) is 13.2 Å². The second kappa shape index (κ2) is 4.11. The van der Waals surface area contributed by atoms with E-state index in [0.29, 0.717) is 19.3 Å². The Hall–Kier alpha value is 0.140. The summed E-state index contributed by atoms with van der Waals surface area (Å²) in [4.78, 5) is 0. The van der Waals surface area contributed by atoms with Crippen molar-refractivity contribution in [3.05, 3.63) is 0 Å². The Kier molecular flexibility index (Phi) is 3.55. The van der Waals surface area contributed by atoms with Crippen LogP contribution in [0.1, 0.15) is 32.1 Å². The Labute approximate surface area is 81.3 Å². The fourth-order valence-electron chi connectivity index (χ4n) is 1.54. The van der Waals surface area contributed by atoms with Gasteiger partial charge in [0.1, 0.15) is 0 Å². The van der Waals surface area contributed by atoms with E-state index >= 15 is 0 Å². The Morgan fingerprint density at radius 3 is 2.23 bits per heavy atom. The Morgan fingerprint density at radius 1 is 1.23 bits per heavy atom. The number of hydrogen-bond donors (Lipinski definition) is 0. The van der Waals surface area contributed by atoms with E-state index in [-0.39, 0.29) is 0 Å². The molecule has 0 amide bonds. The number of thioether (sulfide) groups is 1. The van der Waals surface area contributed by atoms with E-state index in [2.05, 4.69) is 0 Å². The molecule has 13 heavy (non-hydrogen) atoms. The van der Waals surface area contributed by atoms with Crippen molar-refractivity contribution in [2.75, 3.05) is 12.0 Å². The van der Waals surface area contributed by atoms with Crippen LogP contribution in [-0.4, -0.2) is 18.2 Å². The van der Waals surface area contributed by atoms with Gasteiger partial charge in [-0.15, -0.1) is 0 Å². The molecular weight excluding hydrogens is 197 g/mol. The van der Waals surface area contributed by atoms with Crippen molar-refractivity contribution in [3.63, 3.8) is 0 Å². The van der Waals surface area contributed by atoms with Crippen molar-refractivity contribution in [1.29, 1.82) is 0 Å². The molecule has 0 aromatic carbocycles. The summed E-state index contributed by atoms with van der Waals surface area (Å²) in [7, 11) is 0. The molecule has 0 saturated heterocycles. The zero-order chi connectivity index (χ0) is 9.95. The van der Waals surface area contributed by atoms with E-state index in [9.17, 15) is 13.2 Å². The largest absolute Gasteiger partial charge is 0.394 e. The molecule has 0 aliphatic heterocycles. The lowest BCUT2D eigenvalue weighted by atomic mass is 9.99. The lowest BCUT2D eigenvalue weighted by molar-refractivity contribution is -0.189. The van der Waals surface area contributed by atoms with Crippen molar-refractivity contribution in [3.8, 4) is 0 Å². The molecule has 0 N–H and O–H groups in total. The Morgan fingerprint density at radius 2 is 1.85 bits per heavy atom. The molecule has 0 radical (unpaired) electrons. The van der Waals surface area contributed by atoms with E-state index in [0.717, 1.165) is 18.6 Å². The summed E-state index contributed by atoms with van der Waals surface area (Å²) < 4.78 is 37.2. The molecule has 0 aromatic heterocycles. The molecule has 4 heteroatoms. The van der Waals surface area contributed by atoms with Gasteiger partial charge in [0.2, 0.25) is 0 Å². The minimum atomic E-state index is -3.95. The second-order valence-electron chi connectivity index (χ2n) is 3.73. The second-order valence-corrected chi connectivity index (χ2v) is 4.71. The summed E-state index contributed by atoms with van der Waals surface area (Å²) in [6, 6.07) is 0. The molecule has 1 saturated carbocycles. The summed E-state index contributed by atoms with van der Waals surface area (Å²) in [6.45, 7) is 0. The predicted molar refractivity (Wildman–Crippen MR) is 50.0 cm³/mol. The number of alkyl halides is 3. The van der Waals surface area contributed by atoms with Gasteiger partial charge in [0.05, 0.1) is 5.41 Å². The van der Waals surface area contributed by atoms with Gasteiger partial charge < -0.3 is 0 Å². The normalized spacial score (nSPS) is 20.3. The van der Waals surface area contributed by atoms with E-state index in [1.54, 1.807) is 11.8 Å². The molecule has 78 valence electrons. The van der Waals surface area contributed by atoms with Gasteiger partial charge in [-0.1, -0.05) is 6.42 Å². The average Bonchev–Trinajstić information content (AvgIpc) is 2.77. The van der Waals surface area contributed by atoms with Crippen molar-refractivity contribution < 1.29 is 13.2 Å². The topological polar surface area (TPSA) is 0 Å².